The molecule has 0 fully saturated rings. The molecule has 120 valence electrons. The van der Waals surface area contributed by atoms with E-state index < -0.39 is 28.5 Å². The standard InChI is InChI=1S/C16H21NO5/c1-11(18)10-13(12-8-6-5-7-9-12)14(17(20)21)15(19)22-16(2,3)4/h5-9,13-14H,10H2,1-4H3/t13-,14?/m1/s1. The zero-order valence-electron chi connectivity index (χ0n) is 13.2. The number of ether oxygens (including phenoxy) is 1. The maximum atomic E-state index is 12.2. The lowest BCUT2D eigenvalue weighted by atomic mass is 9.87. The molecule has 6 heteroatoms. The van der Waals surface area contributed by atoms with Crippen LogP contribution in [0.5, 0.6) is 0 Å². The molecule has 0 bridgehead atoms. The van der Waals surface area contributed by atoms with Crippen LogP contribution in [-0.2, 0) is 14.3 Å². The molecule has 1 rings (SSSR count). The van der Waals surface area contributed by atoms with E-state index in [0.717, 1.165) is 0 Å². The average Bonchev–Trinajstić information content (AvgIpc) is 2.35. The van der Waals surface area contributed by atoms with Gasteiger partial charge < -0.3 is 9.53 Å². The number of nitro groups is 1. The minimum Gasteiger partial charge on any atom is -0.455 e. The van der Waals surface area contributed by atoms with E-state index in [9.17, 15) is 19.7 Å². The van der Waals surface area contributed by atoms with Gasteiger partial charge in [-0.05, 0) is 33.3 Å². The molecule has 0 saturated carbocycles. The predicted molar refractivity (Wildman–Crippen MR) is 81.1 cm³/mol. The highest BCUT2D eigenvalue weighted by atomic mass is 16.6. The second-order valence-corrected chi connectivity index (χ2v) is 6.19. The van der Waals surface area contributed by atoms with Gasteiger partial charge in [-0.1, -0.05) is 30.3 Å². The van der Waals surface area contributed by atoms with Crippen LogP contribution >= 0.6 is 0 Å². The fourth-order valence-electron chi connectivity index (χ4n) is 2.18. The summed E-state index contributed by atoms with van der Waals surface area (Å²) in [5.41, 5.74) is -0.256. The molecule has 0 N–H and O–H groups in total. The van der Waals surface area contributed by atoms with E-state index in [2.05, 4.69) is 0 Å². The van der Waals surface area contributed by atoms with Crippen molar-refractivity contribution in [3.63, 3.8) is 0 Å². The molecule has 0 radical (unpaired) electrons. The first-order chi connectivity index (χ1) is 10.1. The fourth-order valence-corrected chi connectivity index (χ4v) is 2.18. The van der Waals surface area contributed by atoms with Gasteiger partial charge in [0, 0.05) is 11.3 Å². The molecule has 0 aliphatic rings. The molecular formula is C16H21NO5. The van der Waals surface area contributed by atoms with Gasteiger partial charge in [0.1, 0.15) is 11.4 Å². The number of carbonyl (C=O) groups excluding carboxylic acids is 2. The summed E-state index contributed by atoms with van der Waals surface area (Å²) in [5, 5.41) is 11.4. The van der Waals surface area contributed by atoms with E-state index in [1.165, 1.54) is 6.92 Å². The van der Waals surface area contributed by atoms with Crippen molar-refractivity contribution in [2.75, 3.05) is 0 Å². The first-order valence-electron chi connectivity index (χ1n) is 7.02. The van der Waals surface area contributed by atoms with Gasteiger partial charge in [0.25, 0.3) is 0 Å². The number of ketones is 1. The Morgan fingerprint density at radius 1 is 1.23 bits per heavy atom. The lowest BCUT2D eigenvalue weighted by Crippen LogP contribution is -2.41. The molecule has 0 saturated heterocycles. The van der Waals surface area contributed by atoms with Crippen LogP contribution < -0.4 is 0 Å². The van der Waals surface area contributed by atoms with Gasteiger partial charge in [0.05, 0.1) is 5.92 Å². The van der Waals surface area contributed by atoms with E-state index in [-0.39, 0.29) is 12.2 Å². The van der Waals surface area contributed by atoms with Gasteiger partial charge >= 0.3 is 12.0 Å². The number of esters is 1. The van der Waals surface area contributed by atoms with Crippen LogP contribution in [0.3, 0.4) is 0 Å². The first-order valence-corrected chi connectivity index (χ1v) is 7.02. The molecule has 0 amide bonds. The van der Waals surface area contributed by atoms with Crippen LogP contribution in [0, 0.1) is 10.1 Å². The third kappa shape index (κ3) is 5.27. The number of rotatable bonds is 6. The van der Waals surface area contributed by atoms with Crippen molar-refractivity contribution < 1.29 is 19.2 Å². The Labute approximate surface area is 129 Å². The zero-order chi connectivity index (χ0) is 16.9. The van der Waals surface area contributed by atoms with Gasteiger partial charge in [-0.2, -0.15) is 0 Å². The monoisotopic (exact) mass is 307 g/mol. The number of hydrogen-bond donors (Lipinski definition) is 0. The number of hydrogen-bond acceptors (Lipinski definition) is 5. The molecule has 0 aromatic heterocycles. The van der Waals surface area contributed by atoms with Crippen molar-refractivity contribution >= 4 is 11.8 Å². The second kappa shape index (κ2) is 7.15. The van der Waals surface area contributed by atoms with E-state index in [1.807, 2.05) is 0 Å². The second-order valence-electron chi connectivity index (χ2n) is 6.19. The molecule has 22 heavy (non-hydrogen) atoms. The van der Waals surface area contributed by atoms with Crippen LogP contribution in [0.25, 0.3) is 0 Å². The third-order valence-electron chi connectivity index (χ3n) is 2.99. The molecular weight excluding hydrogens is 286 g/mol. The average molecular weight is 307 g/mol. The van der Waals surface area contributed by atoms with Gasteiger partial charge in [0.2, 0.25) is 0 Å². The first kappa shape index (κ1) is 17.8. The molecule has 0 aliphatic carbocycles. The van der Waals surface area contributed by atoms with Crippen LogP contribution in [0.2, 0.25) is 0 Å². The maximum Gasteiger partial charge on any atom is 0.382 e. The Morgan fingerprint density at radius 2 is 1.77 bits per heavy atom. The Balaban J connectivity index is 3.19. The molecule has 6 nitrogen and oxygen atoms in total. The lowest BCUT2D eigenvalue weighted by Gasteiger charge is -2.24. The molecule has 1 unspecified atom stereocenters. The number of Topliss-reactive ketones (excluding diaryl/α,β-unsaturated/α-hetero) is 1. The summed E-state index contributed by atoms with van der Waals surface area (Å²) < 4.78 is 5.15. The maximum absolute atomic E-state index is 12.2. The molecule has 0 heterocycles. The summed E-state index contributed by atoms with van der Waals surface area (Å²) >= 11 is 0. The predicted octanol–water partition coefficient (Wildman–Crippen LogP) is 2.74. The highest BCUT2D eigenvalue weighted by molar-refractivity contribution is 5.80. The minimum absolute atomic E-state index is 0.0884. The summed E-state index contributed by atoms with van der Waals surface area (Å²) in [6, 6.07) is 6.94. The van der Waals surface area contributed by atoms with E-state index in [4.69, 9.17) is 4.74 Å². The Morgan fingerprint density at radius 3 is 2.18 bits per heavy atom. The van der Waals surface area contributed by atoms with Crippen molar-refractivity contribution in [3.8, 4) is 0 Å². The minimum atomic E-state index is -1.61. The van der Waals surface area contributed by atoms with Crippen LogP contribution in [0.1, 0.15) is 45.6 Å². The van der Waals surface area contributed by atoms with Crippen LogP contribution in [0.15, 0.2) is 30.3 Å². The molecule has 0 spiro atoms. The van der Waals surface area contributed by atoms with Crippen molar-refractivity contribution in [1.82, 2.24) is 0 Å². The smallest absolute Gasteiger partial charge is 0.382 e. The summed E-state index contributed by atoms with van der Waals surface area (Å²) in [6.45, 7) is 6.28. The zero-order valence-corrected chi connectivity index (χ0v) is 13.2. The van der Waals surface area contributed by atoms with Gasteiger partial charge in [-0.15, -0.1) is 0 Å². The summed E-state index contributed by atoms with van der Waals surface area (Å²) in [5.74, 6) is -1.99. The number of benzene rings is 1. The third-order valence-corrected chi connectivity index (χ3v) is 2.99. The Bertz CT molecular complexity index is 547. The largest absolute Gasteiger partial charge is 0.455 e. The van der Waals surface area contributed by atoms with Crippen LogP contribution in [0.4, 0.5) is 0 Å². The molecule has 0 aliphatic heterocycles. The molecule has 2 atom stereocenters. The van der Waals surface area contributed by atoms with E-state index >= 15 is 0 Å². The SMILES string of the molecule is CC(=O)C[C@H](c1ccccc1)C(C(=O)OC(C)(C)C)[N+](=O)[O-]. The van der Waals surface area contributed by atoms with Gasteiger partial charge in [0.15, 0.2) is 0 Å². The summed E-state index contributed by atoms with van der Waals surface area (Å²) in [6.07, 6.45) is -0.0884. The van der Waals surface area contributed by atoms with Crippen molar-refractivity contribution in [2.45, 2.75) is 51.7 Å². The number of carbonyl (C=O) groups is 2. The Hall–Kier alpha value is -2.24. The topological polar surface area (TPSA) is 86.5 Å². The highest BCUT2D eigenvalue weighted by Gasteiger charge is 2.43. The van der Waals surface area contributed by atoms with E-state index in [0.29, 0.717) is 5.56 Å². The highest BCUT2D eigenvalue weighted by Crippen LogP contribution is 2.27. The van der Waals surface area contributed by atoms with Crippen molar-refractivity contribution in [2.24, 2.45) is 0 Å². The Kier molecular flexibility index (Phi) is 5.79. The summed E-state index contributed by atoms with van der Waals surface area (Å²) in [7, 11) is 0. The summed E-state index contributed by atoms with van der Waals surface area (Å²) in [4.78, 5) is 34.5. The van der Waals surface area contributed by atoms with E-state index in [1.54, 1.807) is 51.1 Å². The van der Waals surface area contributed by atoms with Gasteiger partial charge in [-0.3, -0.25) is 10.1 Å². The van der Waals surface area contributed by atoms with Crippen molar-refractivity contribution in [1.29, 1.82) is 0 Å². The quantitative estimate of drug-likeness (QED) is 0.458. The van der Waals surface area contributed by atoms with Crippen LogP contribution in [-0.4, -0.2) is 28.3 Å². The van der Waals surface area contributed by atoms with Crippen molar-refractivity contribution in [3.05, 3.63) is 46.0 Å². The van der Waals surface area contributed by atoms with Gasteiger partial charge in [-0.25, -0.2) is 4.79 Å². The fraction of sp³-hybridized carbons (Fsp3) is 0.500. The molecule has 1 aromatic carbocycles. The normalized spacial score (nSPS) is 14.0. The number of nitrogens with zero attached hydrogens (tertiary/aromatic N) is 1. The lowest BCUT2D eigenvalue weighted by molar-refractivity contribution is -0.515. The molecule has 1 aromatic rings.